The summed E-state index contributed by atoms with van der Waals surface area (Å²) in [6.45, 7) is 6.95. The van der Waals surface area contributed by atoms with E-state index >= 15 is 0 Å². The molecule has 0 amide bonds. The molecule has 0 saturated heterocycles. The number of aromatic nitrogens is 2. The molecule has 0 aliphatic rings. The highest BCUT2D eigenvalue weighted by molar-refractivity contribution is 5.83. The molecule has 2 heterocycles. The molecule has 0 saturated carbocycles. The lowest BCUT2D eigenvalue weighted by molar-refractivity contribution is 0.415. The molecule has 5 heteroatoms. The van der Waals surface area contributed by atoms with Crippen LogP contribution >= 0.6 is 0 Å². The molecule has 5 nitrogen and oxygen atoms in total. The van der Waals surface area contributed by atoms with E-state index in [9.17, 15) is 0 Å². The molecule has 0 fully saturated rings. The van der Waals surface area contributed by atoms with Crippen LogP contribution in [0.5, 0.6) is 5.75 Å². The second-order valence-corrected chi connectivity index (χ2v) is 5.93. The minimum atomic E-state index is 0.102. The molecule has 0 spiro atoms. The summed E-state index contributed by atoms with van der Waals surface area (Å²) in [7, 11) is 3.71. The highest BCUT2D eigenvalue weighted by atomic mass is 16.5. The van der Waals surface area contributed by atoms with Crippen LogP contribution in [-0.4, -0.2) is 16.7 Å². The fourth-order valence-corrected chi connectivity index (χ4v) is 2.81. The zero-order valence-electron chi connectivity index (χ0n) is 14.3. The molecule has 1 aromatic carbocycles. The van der Waals surface area contributed by atoms with Crippen LogP contribution in [0.2, 0.25) is 0 Å². The van der Waals surface area contributed by atoms with Gasteiger partial charge >= 0.3 is 0 Å². The van der Waals surface area contributed by atoms with Crippen LogP contribution in [0.15, 0.2) is 28.8 Å². The first-order chi connectivity index (χ1) is 11.0. The molecule has 3 aromatic rings. The maximum atomic E-state index is 6.04. The minimum Gasteiger partial charge on any atom is -0.497 e. The van der Waals surface area contributed by atoms with Crippen molar-refractivity contribution in [1.82, 2.24) is 14.9 Å². The van der Waals surface area contributed by atoms with Gasteiger partial charge < -0.3 is 19.0 Å². The van der Waals surface area contributed by atoms with E-state index in [1.54, 1.807) is 7.11 Å². The van der Waals surface area contributed by atoms with Crippen molar-refractivity contribution in [2.45, 2.75) is 33.4 Å². The van der Waals surface area contributed by atoms with Crippen LogP contribution in [-0.2, 0) is 13.6 Å². The monoisotopic (exact) mass is 313 g/mol. The number of methoxy groups -OCH3 is 1. The molecule has 3 rings (SSSR count). The number of hydrogen-bond donors (Lipinski definition) is 1. The van der Waals surface area contributed by atoms with Crippen molar-refractivity contribution in [3.05, 3.63) is 47.2 Å². The van der Waals surface area contributed by atoms with Gasteiger partial charge in [-0.2, -0.15) is 0 Å². The fraction of sp³-hybridized carbons (Fsp3) is 0.389. The highest BCUT2D eigenvalue weighted by Crippen LogP contribution is 2.31. The van der Waals surface area contributed by atoms with Gasteiger partial charge in [0.25, 0.3) is 0 Å². The molecule has 23 heavy (non-hydrogen) atoms. The Balaban J connectivity index is 1.81. The Labute approximate surface area is 136 Å². The summed E-state index contributed by atoms with van der Waals surface area (Å²) in [6, 6.07) is 6.00. The van der Waals surface area contributed by atoms with E-state index < -0.39 is 0 Å². The second-order valence-electron chi connectivity index (χ2n) is 5.93. The van der Waals surface area contributed by atoms with Gasteiger partial charge in [0.05, 0.1) is 19.7 Å². The summed E-state index contributed by atoms with van der Waals surface area (Å²) < 4.78 is 13.4. The van der Waals surface area contributed by atoms with Crippen LogP contribution in [0.3, 0.4) is 0 Å². The Bertz CT molecular complexity index is 832. The van der Waals surface area contributed by atoms with Crippen LogP contribution in [0.25, 0.3) is 11.0 Å². The Morgan fingerprint density at radius 3 is 2.78 bits per heavy atom. The lowest BCUT2D eigenvalue weighted by Crippen LogP contribution is -2.20. The first kappa shape index (κ1) is 15.6. The molecule has 0 aliphatic heterocycles. The molecule has 0 aliphatic carbocycles. The number of rotatable bonds is 5. The molecular formula is C18H23N3O2. The number of hydrogen-bond acceptors (Lipinski definition) is 4. The Morgan fingerprint density at radius 1 is 1.35 bits per heavy atom. The van der Waals surface area contributed by atoms with Gasteiger partial charge in [-0.15, -0.1) is 0 Å². The van der Waals surface area contributed by atoms with Gasteiger partial charge in [-0.3, -0.25) is 0 Å². The van der Waals surface area contributed by atoms with Crippen molar-refractivity contribution in [2.24, 2.45) is 7.05 Å². The van der Waals surface area contributed by atoms with Crippen LogP contribution in [0, 0.1) is 13.8 Å². The minimum absolute atomic E-state index is 0.102. The largest absolute Gasteiger partial charge is 0.497 e. The van der Waals surface area contributed by atoms with Gasteiger partial charge in [0.2, 0.25) is 0 Å². The Hall–Kier alpha value is -2.27. The lowest BCUT2D eigenvalue weighted by atomic mass is 10.1. The van der Waals surface area contributed by atoms with Crippen molar-refractivity contribution in [3.8, 4) is 5.75 Å². The van der Waals surface area contributed by atoms with E-state index in [1.165, 1.54) is 0 Å². The predicted molar refractivity (Wildman–Crippen MR) is 90.7 cm³/mol. The van der Waals surface area contributed by atoms with E-state index in [0.717, 1.165) is 39.6 Å². The van der Waals surface area contributed by atoms with Crippen molar-refractivity contribution in [2.75, 3.05) is 7.11 Å². The topological polar surface area (TPSA) is 52.2 Å². The zero-order chi connectivity index (χ0) is 16.6. The van der Waals surface area contributed by atoms with E-state index in [0.29, 0.717) is 6.54 Å². The number of nitrogens with zero attached hydrogens (tertiary/aromatic N) is 2. The standard InChI is InChI=1S/C18H23N3O2/c1-11-9-20-17(21(11)4)10-19-13(3)18-12(2)15-8-14(22-5)6-7-16(15)23-18/h6-9,13,19H,10H2,1-5H3. The molecule has 0 bridgehead atoms. The Kier molecular flexibility index (Phi) is 4.13. The van der Waals surface area contributed by atoms with Crippen LogP contribution in [0.4, 0.5) is 0 Å². The van der Waals surface area contributed by atoms with E-state index in [2.05, 4.69) is 35.6 Å². The van der Waals surface area contributed by atoms with E-state index in [4.69, 9.17) is 9.15 Å². The third-order valence-electron chi connectivity index (χ3n) is 4.46. The van der Waals surface area contributed by atoms with Gasteiger partial charge in [-0.25, -0.2) is 4.98 Å². The lowest BCUT2D eigenvalue weighted by Gasteiger charge is -2.12. The quantitative estimate of drug-likeness (QED) is 0.781. The summed E-state index contributed by atoms with van der Waals surface area (Å²) in [5.74, 6) is 2.82. The average Bonchev–Trinajstić information content (AvgIpc) is 3.06. The Morgan fingerprint density at radius 2 is 2.13 bits per heavy atom. The summed E-state index contributed by atoms with van der Waals surface area (Å²) in [5.41, 5.74) is 3.19. The highest BCUT2D eigenvalue weighted by Gasteiger charge is 2.17. The number of aryl methyl sites for hydroxylation is 2. The molecule has 1 atom stereocenters. The number of fused-ring (bicyclic) bond motifs is 1. The second kappa shape index (κ2) is 6.08. The number of imidazole rings is 1. The summed E-state index contributed by atoms with van der Waals surface area (Å²) >= 11 is 0. The number of nitrogens with one attached hydrogen (secondary N) is 1. The van der Waals surface area contributed by atoms with E-state index in [-0.39, 0.29) is 6.04 Å². The SMILES string of the molecule is COc1ccc2oc(C(C)NCc3ncc(C)n3C)c(C)c2c1. The van der Waals surface area contributed by atoms with Gasteiger partial charge in [-0.05, 0) is 39.0 Å². The van der Waals surface area contributed by atoms with Crippen LogP contribution in [0.1, 0.15) is 35.8 Å². The third-order valence-corrected chi connectivity index (χ3v) is 4.46. The van der Waals surface area contributed by atoms with E-state index in [1.807, 2.05) is 31.4 Å². The van der Waals surface area contributed by atoms with Gasteiger partial charge in [0.15, 0.2) is 0 Å². The number of furan rings is 1. The number of benzene rings is 1. The maximum absolute atomic E-state index is 6.04. The van der Waals surface area contributed by atoms with Crippen molar-refractivity contribution in [1.29, 1.82) is 0 Å². The first-order valence-corrected chi connectivity index (χ1v) is 7.79. The molecule has 122 valence electrons. The molecule has 2 aromatic heterocycles. The van der Waals surface area contributed by atoms with Crippen molar-refractivity contribution < 1.29 is 9.15 Å². The molecular weight excluding hydrogens is 290 g/mol. The van der Waals surface area contributed by atoms with Crippen molar-refractivity contribution in [3.63, 3.8) is 0 Å². The molecule has 0 radical (unpaired) electrons. The van der Waals surface area contributed by atoms with Gasteiger partial charge in [-0.1, -0.05) is 0 Å². The smallest absolute Gasteiger partial charge is 0.134 e. The van der Waals surface area contributed by atoms with Gasteiger partial charge in [0.1, 0.15) is 22.9 Å². The fourth-order valence-electron chi connectivity index (χ4n) is 2.81. The number of ether oxygens (including phenoxy) is 1. The average molecular weight is 313 g/mol. The summed E-state index contributed by atoms with van der Waals surface area (Å²) in [4.78, 5) is 4.42. The summed E-state index contributed by atoms with van der Waals surface area (Å²) in [6.07, 6.45) is 1.89. The normalized spacial score (nSPS) is 12.7. The van der Waals surface area contributed by atoms with Crippen LogP contribution < -0.4 is 10.1 Å². The molecule has 1 unspecified atom stereocenters. The first-order valence-electron chi connectivity index (χ1n) is 7.79. The maximum Gasteiger partial charge on any atom is 0.134 e. The third kappa shape index (κ3) is 2.84. The van der Waals surface area contributed by atoms with Gasteiger partial charge in [0, 0.05) is 29.9 Å². The molecule has 1 N–H and O–H groups in total. The van der Waals surface area contributed by atoms with Crippen molar-refractivity contribution >= 4 is 11.0 Å². The summed E-state index contributed by atoms with van der Waals surface area (Å²) in [5, 5.41) is 4.59. The predicted octanol–water partition coefficient (Wildman–Crippen LogP) is 3.64. The zero-order valence-corrected chi connectivity index (χ0v) is 14.3.